The number of benzene rings is 3. The van der Waals surface area contributed by atoms with Gasteiger partial charge in [0.2, 0.25) is 5.78 Å². The van der Waals surface area contributed by atoms with Crippen molar-refractivity contribution in [2.45, 2.75) is 0 Å². The molecule has 0 aliphatic rings. The third-order valence-electron chi connectivity index (χ3n) is 4.51. The summed E-state index contributed by atoms with van der Waals surface area (Å²) in [5, 5.41) is 0.686. The lowest BCUT2D eigenvalue weighted by atomic mass is 10.0. The smallest absolute Gasteiger partial charge is 0.339 e. The third kappa shape index (κ3) is 4.10. The Morgan fingerprint density at radius 3 is 2.31 bits per heavy atom. The van der Waals surface area contributed by atoms with Crippen LogP contribution in [-0.2, 0) is 4.74 Å². The number of ether oxygens (including phenoxy) is 1. The maximum Gasteiger partial charge on any atom is 0.339 e. The molecule has 0 saturated heterocycles. The molecule has 4 rings (SSSR count). The van der Waals surface area contributed by atoms with Crippen molar-refractivity contribution in [3.05, 3.63) is 101 Å². The fraction of sp³-hybridized carbons (Fsp3) is 0.0417. The average Bonchev–Trinajstić information content (AvgIpc) is 2.77. The van der Waals surface area contributed by atoms with E-state index in [-0.39, 0.29) is 12.4 Å². The van der Waals surface area contributed by atoms with Gasteiger partial charge in [0.15, 0.2) is 6.61 Å². The van der Waals surface area contributed by atoms with E-state index in [9.17, 15) is 9.59 Å². The predicted molar refractivity (Wildman–Crippen MR) is 116 cm³/mol. The molecule has 4 aromatic rings. The zero-order chi connectivity index (χ0) is 20.2. The minimum absolute atomic E-state index is 0.271. The Kier molecular flexibility index (Phi) is 5.49. The standard InChI is InChI=1S/C24H16BrNO3/c25-20-12-6-4-11-18(20)23(27)15-29-24(28)19-14-22(16-8-2-1-3-9-16)26-21-13-7-5-10-17(19)21/h1-14H,15H2. The number of ketones is 1. The quantitative estimate of drug-likeness (QED) is 0.291. The Bertz CT molecular complexity index is 1210. The number of halogens is 1. The molecule has 0 spiro atoms. The SMILES string of the molecule is O=C(COC(=O)c1cc(-c2ccccc2)nc2ccccc12)c1ccccc1Br. The van der Waals surface area contributed by atoms with E-state index < -0.39 is 5.97 Å². The Labute approximate surface area is 176 Å². The van der Waals surface area contributed by atoms with E-state index in [4.69, 9.17) is 4.74 Å². The lowest BCUT2D eigenvalue weighted by Gasteiger charge is -2.10. The van der Waals surface area contributed by atoms with Gasteiger partial charge in [0, 0.05) is 21.0 Å². The summed E-state index contributed by atoms with van der Waals surface area (Å²) in [6.45, 7) is -0.335. The van der Waals surface area contributed by atoms with Crippen LogP contribution in [-0.4, -0.2) is 23.3 Å². The molecule has 5 heteroatoms. The first kappa shape index (κ1) is 19.0. The zero-order valence-corrected chi connectivity index (χ0v) is 16.9. The number of carbonyl (C=O) groups is 2. The van der Waals surface area contributed by atoms with E-state index in [0.717, 1.165) is 5.56 Å². The van der Waals surface area contributed by atoms with Gasteiger partial charge in [-0.2, -0.15) is 0 Å². The second-order valence-corrected chi connectivity index (χ2v) is 7.27. The summed E-state index contributed by atoms with van der Waals surface area (Å²) in [6, 6.07) is 25.8. The topological polar surface area (TPSA) is 56.3 Å². The Balaban J connectivity index is 1.65. The van der Waals surface area contributed by atoms with Gasteiger partial charge in [0.25, 0.3) is 0 Å². The largest absolute Gasteiger partial charge is 0.454 e. The van der Waals surface area contributed by atoms with Crippen molar-refractivity contribution >= 4 is 38.6 Å². The summed E-state index contributed by atoms with van der Waals surface area (Å²) in [6.07, 6.45) is 0. The van der Waals surface area contributed by atoms with E-state index in [2.05, 4.69) is 20.9 Å². The van der Waals surface area contributed by atoms with Crippen LogP contribution in [0.25, 0.3) is 22.2 Å². The molecular formula is C24H16BrNO3. The first-order valence-electron chi connectivity index (χ1n) is 9.03. The molecule has 0 fully saturated rings. The molecule has 4 nitrogen and oxygen atoms in total. The van der Waals surface area contributed by atoms with Gasteiger partial charge in [-0.1, -0.05) is 82.7 Å². The summed E-state index contributed by atoms with van der Waals surface area (Å²) in [4.78, 5) is 29.9. The molecule has 0 atom stereocenters. The first-order valence-corrected chi connectivity index (χ1v) is 9.83. The van der Waals surface area contributed by atoms with Crippen molar-refractivity contribution in [1.29, 1.82) is 0 Å². The van der Waals surface area contributed by atoms with Crippen LogP contribution in [0.15, 0.2) is 89.4 Å². The van der Waals surface area contributed by atoms with Crippen LogP contribution in [0, 0.1) is 0 Å². The van der Waals surface area contributed by atoms with E-state index in [1.165, 1.54) is 0 Å². The van der Waals surface area contributed by atoms with Gasteiger partial charge in [0.05, 0.1) is 16.8 Å². The fourth-order valence-corrected chi connectivity index (χ4v) is 3.58. The molecule has 29 heavy (non-hydrogen) atoms. The van der Waals surface area contributed by atoms with Gasteiger partial charge in [0.1, 0.15) is 0 Å². The maximum atomic E-state index is 12.8. The molecule has 0 saturated carbocycles. The van der Waals surface area contributed by atoms with Crippen LogP contribution >= 0.6 is 15.9 Å². The summed E-state index contributed by atoms with van der Waals surface area (Å²) in [5.41, 5.74) is 3.13. The lowest BCUT2D eigenvalue weighted by molar-refractivity contribution is 0.0476. The molecule has 1 aromatic heterocycles. The Hall–Kier alpha value is -3.31. The van der Waals surface area contributed by atoms with Crippen molar-refractivity contribution in [3.8, 4) is 11.3 Å². The predicted octanol–water partition coefficient (Wildman–Crippen LogP) is 5.70. The van der Waals surface area contributed by atoms with E-state index in [0.29, 0.717) is 32.2 Å². The highest BCUT2D eigenvalue weighted by molar-refractivity contribution is 9.10. The van der Waals surface area contributed by atoms with Crippen LogP contribution < -0.4 is 0 Å². The number of aromatic nitrogens is 1. The zero-order valence-electron chi connectivity index (χ0n) is 15.3. The number of esters is 1. The second-order valence-electron chi connectivity index (χ2n) is 6.42. The Morgan fingerprint density at radius 1 is 0.828 bits per heavy atom. The van der Waals surface area contributed by atoms with E-state index >= 15 is 0 Å². The number of rotatable bonds is 5. The highest BCUT2D eigenvalue weighted by Gasteiger charge is 2.17. The van der Waals surface area contributed by atoms with Gasteiger partial charge in [-0.05, 0) is 18.2 Å². The lowest BCUT2D eigenvalue weighted by Crippen LogP contribution is -2.15. The second kappa shape index (κ2) is 8.37. The number of fused-ring (bicyclic) bond motifs is 1. The van der Waals surface area contributed by atoms with Crippen LogP contribution in [0.2, 0.25) is 0 Å². The van der Waals surface area contributed by atoms with Crippen molar-refractivity contribution in [2.24, 2.45) is 0 Å². The fourth-order valence-electron chi connectivity index (χ4n) is 3.08. The van der Waals surface area contributed by atoms with Gasteiger partial charge in [-0.3, -0.25) is 4.79 Å². The van der Waals surface area contributed by atoms with E-state index in [1.54, 1.807) is 24.3 Å². The number of hydrogen-bond donors (Lipinski definition) is 0. The monoisotopic (exact) mass is 445 g/mol. The minimum atomic E-state index is -0.554. The molecule has 0 radical (unpaired) electrons. The van der Waals surface area contributed by atoms with E-state index in [1.807, 2.05) is 60.7 Å². The van der Waals surface area contributed by atoms with Gasteiger partial charge >= 0.3 is 5.97 Å². The maximum absolute atomic E-state index is 12.8. The third-order valence-corrected chi connectivity index (χ3v) is 5.21. The summed E-state index contributed by atoms with van der Waals surface area (Å²) >= 11 is 3.35. The molecule has 3 aromatic carbocycles. The number of para-hydroxylation sites is 1. The number of hydrogen-bond acceptors (Lipinski definition) is 4. The number of nitrogens with zero attached hydrogens (tertiary/aromatic N) is 1. The molecular weight excluding hydrogens is 430 g/mol. The molecule has 0 bridgehead atoms. The molecule has 0 unspecified atom stereocenters. The molecule has 0 N–H and O–H groups in total. The molecule has 0 amide bonds. The summed E-state index contributed by atoms with van der Waals surface area (Å²) in [5.74, 6) is -0.825. The highest BCUT2D eigenvalue weighted by Crippen LogP contribution is 2.25. The highest BCUT2D eigenvalue weighted by atomic mass is 79.9. The molecule has 0 aliphatic carbocycles. The van der Waals surface area contributed by atoms with Crippen LogP contribution in [0.3, 0.4) is 0 Å². The van der Waals surface area contributed by atoms with Crippen molar-refractivity contribution in [1.82, 2.24) is 4.98 Å². The van der Waals surface area contributed by atoms with Crippen molar-refractivity contribution in [2.75, 3.05) is 6.61 Å². The number of pyridine rings is 1. The normalized spacial score (nSPS) is 10.7. The molecule has 1 heterocycles. The number of carbonyl (C=O) groups excluding carboxylic acids is 2. The first-order chi connectivity index (χ1) is 14.1. The van der Waals surface area contributed by atoms with Crippen LogP contribution in [0.1, 0.15) is 20.7 Å². The van der Waals surface area contributed by atoms with Gasteiger partial charge in [-0.25, -0.2) is 9.78 Å². The van der Waals surface area contributed by atoms with Crippen LogP contribution in [0.4, 0.5) is 0 Å². The molecule has 142 valence electrons. The molecule has 0 aliphatic heterocycles. The number of Topliss-reactive ketones (excluding diaryl/α,β-unsaturated/α-hetero) is 1. The van der Waals surface area contributed by atoms with Gasteiger partial charge < -0.3 is 4.74 Å². The minimum Gasteiger partial charge on any atom is -0.454 e. The van der Waals surface area contributed by atoms with Gasteiger partial charge in [-0.15, -0.1) is 0 Å². The summed E-state index contributed by atoms with van der Waals surface area (Å²) < 4.78 is 6.03. The van der Waals surface area contributed by atoms with Crippen molar-refractivity contribution < 1.29 is 14.3 Å². The summed E-state index contributed by atoms with van der Waals surface area (Å²) in [7, 11) is 0. The van der Waals surface area contributed by atoms with Crippen molar-refractivity contribution in [3.63, 3.8) is 0 Å². The average molecular weight is 446 g/mol. The Morgan fingerprint density at radius 2 is 1.52 bits per heavy atom. The van der Waals surface area contributed by atoms with Crippen LogP contribution in [0.5, 0.6) is 0 Å².